The number of carbonyl (C=O) groups excluding carboxylic acids is 1. The summed E-state index contributed by atoms with van der Waals surface area (Å²) in [7, 11) is 3.49. The van der Waals surface area contributed by atoms with Crippen molar-refractivity contribution >= 4 is 34.4 Å². The zero-order valence-corrected chi connectivity index (χ0v) is 34.1. The molecule has 3 aliphatic rings. The number of benzene rings is 2. The second-order valence-electron chi connectivity index (χ2n) is 16.2. The zero-order valence-electron chi connectivity index (χ0n) is 33.3. The van der Waals surface area contributed by atoms with Crippen LogP contribution < -0.4 is 14.8 Å². The summed E-state index contributed by atoms with van der Waals surface area (Å²) < 4.78 is 17.0. The van der Waals surface area contributed by atoms with E-state index in [0.717, 1.165) is 98.3 Å². The number of rotatable bonds is 23. The summed E-state index contributed by atoms with van der Waals surface area (Å²) in [4.78, 5) is 27.4. The molecule has 2 bridgehead atoms. The number of nitrogens with zero attached hydrogens (tertiary/aromatic N) is 6. The number of hydrogen-bond acceptors (Lipinski definition) is 10. The molecule has 6 rings (SSSR count). The van der Waals surface area contributed by atoms with E-state index in [-0.39, 0.29) is 33.9 Å². The average Bonchev–Trinajstić information content (AvgIpc) is 3.67. The number of amides is 1. The van der Waals surface area contributed by atoms with Crippen molar-refractivity contribution in [2.75, 3.05) is 33.1 Å². The molecule has 298 valence electrons. The minimum absolute atomic E-state index is 0.0665. The molecule has 1 amide bonds. The molecule has 1 aromatic heterocycles. The van der Waals surface area contributed by atoms with Crippen LogP contribution in [0.4, 0.5) is 5.69 Å². The Morgan fingerprint density at radius 3 is 2.42 bits per heavy atom. The largest absolute Gasteiger partial charge is 0.496 e. The number of aromatic nitrogens is 2. The normalized spacial score (nSPS) is 18.6. The highest BCUT2D eigenvalue weighted by atomic mass is 32.2. The number of non-ortho nitro benzene ring substituents is 1. The number of nitro groups is 1. The first-order valence-corrected chi connectivity index (χ1v) is 20.7. The summed E-state index contributed by atoms with van der Waals surface area (Å²) in [5, 5.41) is 25.7. The van der Waals surface area contributed by atoms with Crippen LogP contribution in [0.1, 0.15) is 122 Å². The van der Waals surface area contributed by atoms with E-state index in [4.69, 9.17) is 19.6 Å². The number of fused-ring (bicyclic) bond motifs is 2. The van der Waals surface area contributed by atoms with E-state index in [1.54, 1.807) is 32.0 Å². The second-order valence-corrected chi connectivity index (χ2v) is 17.4. The maximum Gasteiger partial charge on any atom is 0.300 e. The van der Waals surface area contributed by atoms with Crippen molar-refractivity contribution in [3.05, 3.63) is 67.6 Å². The van der Waals surface area contributed by atoms with E-state index < -0.39 is 4.92 Å². The lowest BCUT2D eigenvalue weighted by Crippen LogP contribution is -2.52. The quantitative estimate of drug-likeness (QED) is 0.0143. The Labute approximate surface area is 328 Å². The van der Waals surface area contributed by atoms with E-state index in [0.29, 0.717) is 36.9 Å². The van der Waals surface area contributed by atoms with Crippen molar-refractivity contribution in [2.24, 2.45) is 22.4 Å². The molecule has 0 aliphatic heterocycles. The molecule has 1 N–H and O–H groups in total. The molecule has 1 heterocycles. The van der Waals surface area contributed by atoms with Crippen molar-refractivity contribution in [3.8, 4) is 11.5 Å². The van der Waals surface area contributed by atoms with Crippen LogP contribution in [0.2, 0.25) is 0 Å². The number of ether oxygens (including phenoxy) is 2. The van der Waals surface area contributed by atoms with Gasteiger partial charge in [0.05, 0.1) is 19.1 Å². The standard InChI is InChI=1S/C41H57N7O6S/c1-40(2,19-13-9-10-14-20-44-47-42)28-23-33(52-5)37(34(24-28)53-6)29-22-27(30-25-31(29)41(30,3)4)26-43-36(49)16-12-8-7-11-15-21-55-35-18-17-32(48(50)51)38-39(35)46-54-45-38/h17-18,22-24,29-31H,7-16,19-21,25-26H2,1-6H3,(H,43,49)/t29-,30+,31-/m0/s1. The molecule has 14 heteroatoms. The Morgan fingerprint density at radius 1 is 1.05 bits per heavy atom. The predicted molar refractivity (Wildman–Crippen MR) is 216 cm³/mol. The van der Waals surface area contributed by atoms with Crippen LogP contribution in [0.3, 0.4) is 0 Å². The molecule has 0 radical (unpaired) electrons. The van der Waals surface area contributed by atoms with Gasteiger partial charge in [0, 0.05) is 46.9 Å². The predicted octanol–water partition coefficient (Wildman–Crippen LogP) is 10.6. The fourth-order valence-corrected chi connectivity index (χ4v) is 9.56. The molecule has 0 unspecified atom stereocenters. The first-order valence-electron chi connectivity index (χ1n) is 19.7. The third-order valence-electron chi connectivity index (χ3n) is 12.0. The van der Waals surface area contributed by atoms with Crippen molar-refractivity contribution in [2.45, 2.75) is 121 Å². The van der Waals surface area contributed by atoms with Gasteiger partial charge in [-0.1, -0.05) is 83.0 Å². The van der Waals surface area contributed by atoms with Gasteiger partial charge in [-0.3, -0.25) is 14.9 Å². The van der Waals surface area contributed by atoms with Crippen LogP contribution in [0.15, 0.2) is 50.6 Å². The number of unbranched alkanes of at least 4 members (excludes halogenated alkanes) is 7. The van der Waals surface area contributed by atoms with Crippen molar-refractivity contribution < 1.29 is 23.8 Å². The van der Waals surface area contributed by atoms with Gasteiger partial charge in [0.2, 0.25) is 11.4 Å². The Hall–Kier alpha value is -4.29. The number of azide groups is 1. The maximum atomic E-state index is 13.0. The molecule has 3 atom stereocenters. The second kappa shape index (κ2) is 19.0. The van der Waals surface area contributed by atoms with Crippen LogP contribution in [0.25, 0.3) is 21.5 Å². The highest BCUT2D eigenvalue weighted by Crippen LogP contribution is 2.65. The molecule has 3 aromatic rings. The molecular weight excluding hydrogens is 719 g/mol. The van der Waals surface area contributed by atoms with Gasteiger partial charge in [-0.2, -0.15) is 0 Å². The monoisotopic (exact) mass is 775 g/mol. The van der Waals surface area contributed by atoms with Crippen molar-refractivity contribution in [1.29, 1.82) is 0 Å². The van der Waals surface area contributed by atoms with Gasteiger partial charge in [-0.05, 0) is 100 Å². The van der Waals surface area contributed by atoms with E-state index in [1.165, 1.54) is 17.2 Å². The third kappa shape index (κ3) is 9.94. The molecule has 3 aliphatic carbocycles. The summed E-state index contributed by atoms with van der Waals surface area (Å²) in [5.74, 6) is 3.69. The Kier molecular flexibility index (Phi) is 14.5. The molecule has 13 nitrogen and oxygen atoms in total. The number of carbonyl (C=O) groups is 1. The fourth-order valence-electron chi connectivity index (χ4n) is 8.56. The van der Waals surface area contributed by atoms with Gasteiger partial charge in [0.25, 0.3) is 0 Å². The van der Waals surface area contributed by atoms with Gasteiger partial charge in [-0.25, -0.2) is 4.63 Å². The van der Waals surface area contributed by atoms with Crippen LogP contribution >= 0.6 is 11.8 Å². The van der Waals surface area contributed by atoms with Gasteiger partial charge < -0.3 is 14.8 Å². The number of nitro benzene ring substituents is 1. The maximum absolute atomic E-state index is 13.0. The SMILES string of the molecule is COc1cc(C(C)(C)CCCCCCN=[N+]=[N-])cc(OC)c1[C@H]1C=C(CNC(=O)CCCCCCCSc2ccc([N+](=O)[O-])c3nonc23)[C@H]2C[C@@H]1C2(C)C. The highest BCUT2D eigenvalue weighted by molar-refractivity contribution is 7.99. The van der Waals surface area contributed by atoms with E-state index >= 15 is 0 Å². The number of nitrogens with one attached hydrogen (secondary N) is 1. The highest BCUT2D eigenvalue weighted by Gasteiger charge is 2.56. The smallest absolute Gasteiger partial charge is 0.300 e. The molecular formula is C41H57N7O6S. The van der Waals surface area contributed by atoms with E-state index in [1.807, 2.05) is 0 Å². The average molecular weight is 776 g/mol. The van der Waals surface area contributed by atoms with Gasteiger partial charge >= 0.3 is 5.69 Å². The van der Waals surface area contributed by atoms with Crippen LogP contribution in [-0.2, 0) is 10.2 Å². The number of methoxy groups -OCH3 is 2. The van der Waals surface area contributed by atoms with E-state index in [2.05, 4.69) is 71.6 Å². The Morgan fingerprint density at radius 2 is 1.73 bits per heavy atom. The van der Waals surface area contributed by atoms with Crippen LogP contribution in [0, 0.1) is 27.4 Å². The topological polar surface area (TPSA) is 178 Å². The third-order valence-corrected chi connectivity index (χ3v) is 13.1. The van der Waals surface area contributed by atoms with Gasteiger partial charge in [0.1, 0.15) is 11.5 Å². The molecule has 0 spiro atoms. The lowest BCUT2D eigenvalue weighted by Gasteiger charge is -2.59. The number of allylic oxidation sites excluding steroid dienone is 1. The molecule has 55 heavy (non-hydrogen) atoms. The summed E-state index contributed by atoms with van der Waals surface area (Å²) in [5.41, 5.74) is 12.6. The first kappa shape index (κ1) is 41.9. The molecule has 0 saturated heterocycles. The first-order chi connectivity index (χ1) is 26.4. The van der Waals surface area contributed by atoms with Gasteiger partial charge in [-0.15, -0.1) is 11.8 Å². The molecule has 1 fully saturated rings. The Balaban J connectivity index is 1.10. The summed E-state index contributed by atoms with van der Waals surface area (Å²) in [6, 6.07) is 7.57. The minimum atomic E-state index is -0.478. The lowest BCUT2D eigenvalue weighted by atomic mass is 9.45. The fraction of sp³-hybridized carbons (Fsp3) is 0.634. The Bertz CT molecular complexity index is 1860. The zero-order chi connectivity index (χ0) is 39.6. The summed E-state index contributed by atoms with van der Waals surface area (Å²) in [6.07, 6.45) is 14.1. The lowest BCUT2D eigenvalue weighted by molar-refractivity contribution is -0.383. The molecule has 2 aromatic carbocycles. The summed E-state index contributed by atoms with van der Waals surface area (Å²) >= 11 is 1.60. The van der Waals surface area contributed by atoms with Crippen LogP contribution in [-0.4, -0.2) is 54.2 Å². The number of hydrogen-bond donors (Lipinski definition) is 1. The number of thioether (sulfide) groups is 1. The van der Waals surface area contributed by atoms with Crippen LogP contribution in [0.5, 0.6) is 11.5 Å². The van der Waals surface area contributed by atoms with Crippen molar-refractivity contribution in [3.63, 3.8) is 0 Å². The van der Waals surface area contributed by atoms with E-state index in [9.17, 15) is 14.9 Å². The minimum Gasteiger partial charge on any atom is -0.496 e. The molecule has 1 saturated carbocycles. The van der Waals surface area contributed by atoms with Crippen molar-refractivity contribution in [1.82, 2.24) is 15.6 Å². The summed E-state index contributed by atoms with van der Waals surface area (Å²) in [6.45, 7) is 10.4. The van der Waals surface area contributed by atoms with Gasteiger partial charge in [0.15, 0.2) is 5.52 Å².